The molecule has 0 radical (unpaired) electrons. The lowest BCUT2D eigenvalue weighted by atomic mass is 10.0. The monoisotopic (exact) mass is 277 g/mol. The van der Waals surface area contributed by atoms with Gasteiger partial charge in [-0.3, -0.25) is 9.59 Å². The van der Waals surface area contributed by atoms with E-state index in [1.165, 1.54) is 0 Å². The van der Waals surface area contributed by atoms with Crippen LogP contribution in [0.1, 0.15) is 25.8 Å². The summed E-state index contributed by atoms with van der Waals surface area (Å²) in [5.41, 5.74) is 7.27. The van der Waals surface area contributed by atoms with Gasteiger partial charge in [0.25, 0.3) is 0 Å². The maximum absolute atomic E-state index is 12.0. The fourth-order valence-corrected chi connectivity index (χ4v) is 1.90. The molecule has 110 valence electrons. The zero-order chi connectivity index (χ0) is 15.1. The molecule has 0 heterocycles. The van der Waals surface area contributed by atoms with Crippen molar-refractivity contribution >= 4 is 17.5 Å². The first-order valence-electron chi connectivity index (χ1n) is 6.79. The van der Waals surface area contributed by atoms with E-state index in [4.69, 9.17) is 5.73 Å². The van der Waals surface area contributed by atoms with Crippen LogP contribution >= 0.6 is 0 Å². The summed E-state index contributed by atoms with van der Waals surface area (Å²) < 4.78 is 0. The number of amides is 2. The van der Waals surface area contributed by atoms with E-state index in [1.54, 1.807) is 13.1 Å². The highest BCUT2D eigenvalue weighted by Gasteiger charge is 2.16. The van der Waals surface area contributed by atoms with Crippen LogP contribution in [-0.4, -0.2) is 24.9 Å². The van der Waals surface area contributed by atoms with Gasteiger partial charge in [-0.2, -0.15) is 0 Å². The fraction of sp³-hybridized carbons (Fsp3) is 0.467. The molecule has 0 aliphatic heterocycles. The van der Waals surface area contributed by atoms with E-state index in [0.717, 1.165) is 5.56 Å². The van der Waals surface area contributed by atoms with E-state index in [1.807, 2.05) is 32.0 Å². The zero-order valence-electron chi connectivity index (χ0n) is 12.3. The van der Waals surface area contributed by atoms with Gasteiger partial charge in [0.05, 0.1) is 12.5 Å². The minimum absolute atomic E-state index is 0.0989. The molecule has 1 unspecified atom stereocenters. The first-order valence-corrected chi connectivity index (χ1v) is 6.79. The molecule has 1 rings (SSSR count). The normalized spacial score (nSPS) is 12.1. The van der Waals surface area contributed by atoms with Crippen LogP contribution in [0.3, 0.4) is 0 Å². The minimum Gasteiger partial charge on any atom is -0.359 e. The van der Waals surface area contributed by atoms with Gasteiger partial charge in [-0.15, -0.1) is 0 Å². The van der Waals surface area contributed by atoms with Crippen molar-refractivity contribution in [2.75, 3.05) is 12.4 Å². The van der Waals surface area contributed by atoms with Crippen molar-refractivity contribution in [3.05, 3.63) is 29.8 Å². The first-order chi connectivity index (χ1) is 9.43. The SMILES string of the molecule is CNC(=O)Cc1ccccc1NC(=O)C(N)CC(C)C. The van der Waals surface area contributed by atoms with E-state index >= 15 is 0 Å². The van der Waals surface area contributed by atoms with E-state index in [2.05, 4.69) is 10.6 Å². The van der Waals surface area contributed by atoms with Crippen molar-refractivity contribution < 1.29 is 9.59 Å². The number of carbonyl (C=O) groups excluding carboxylic acids is 2. The molecule has 2 amide bonds. The van der Waals surface area contributed by atoms with Crippen LogP contribution in [0.25, 0.3) is 0 Å². The molecule has 1 aromatic rings. The predicted molar refractivity (Wildman–Crippen MR) is 80.3 cm³/mol. The lowest BCUT2D eigenvalue weighted by Crippen LogP contribution is -2.37. The Kier molecular flexibility index (Phi) is 6.18. The van der Waals surface area contributed by atoms with Crippen LogP contribution in [-0.2, 0) is 16.0 Å². The number of para-hydroxylation sites is 1. The van der Waals surface area contributed by atoms with E-state index in [-0.39, 0.29) is 18.2 Å². The lowest BCUT2D eigenvalue weighted by Gasteiger charge is -2.16. The number of nitrogens with two attached hydrogens (primary N) is 1. The van der Waals surface area contributed by atoms with Gasteiger partial charge >= 0.3 is 0 Å². The fourth-order valence-electron chi connectivity index (χ4n) is 1.90. The quantitative estimate of drug-likeness (QED) is 0.732. The average Bonchev–Trinajstić information content (AvgIpc) is 2.39. The summed E-state index contributed by atoms with van der Waals surface area (Å²) in [5.74, 6) is 0.0399. The van der Waals surface area contributed by atoms with Crippen molar-refractivity contribution in [3.8, 4) is 0 Å². The van der Waals surface area contributed by atoms with Crippen molar-refractivity contribution in [3.63, 3.8) is 0 Å². The third-order valence-corrected chi connectivity index (χ3v) is 2.97. The molecule has 0 saturated heterocycles. The van der Waals surface area contributed by atoms with Gasteiger partial charge in [0, 0.05) is 12.7 Å². The molecular weight excluding hydrogens is 254 g/mol. The molecule has 0 bridgehead atoms. The van der Waals surface area contributed by atoms with Crippen LogP contribution in [0, 0.1) is 5.92 Å². The average molecular weight is 277 g/mol. The number of hydrogen-bond acceptors (Lipinski definition) is 3. The highest BCUT2D eigenvalue weighted by molar-refractivity contribution is 5.96. The van der Waals surface area contributed by atoms with E-state index in [9.17, 15) is 9.59 Å². The van der Waals surface area contributed by atoms with Crippen LogP contribution < -0.4 is 16.4 Å². The number of likely N-dealkylation sites (N-methyl/N-ethyl adjacent to an activating group) is 1. The number of hydrogen-bond donors (Lipinski definition) is 3. The molecule has 5 nitrogen and oxygen atoms in total. The smallest absolute Gasteiger partial charge is 0.241 e. The summed E-state index contributed by atoms with van der Waals surface area (Å²) in [4.78, 5) is 23.5. The maximum atomic E-state index is 12.0. The molecular formula is C15H23N3O2. The summed E-state index contributed by atoms with van der Waals surface area (Å²) >= 11 is 0. The van der Waals surface area contributed by atoms with E-state index < -0.39 is 6.04 Å². The van der Waals surface area contributed by atoms with Gasteiger partial charge in [0.15, 0.2) is 0 Å². The Hall–Kier alpha value is -1.88. The van der Waals surface area contributed by atoms with Crippen LogP contribution in [0.4, 0.5) is 5.69 Å². The van der Waals surface area contributed by atoms with E-state index in [0.29, 0.717) is 18.0 Å². The molecule has 0 spiro atoms. The van der Waals surface area contributed by atoms with Crippen molar-refractivity contribution in [2.24, 2.45) is 11.7 Å². The molecule has 1 aromatic carbocycles. The molecule has 0 aliphatic carbocycles. The largest absolute Gasteiger partial charge is 0.359 e. The number of rotatable bonds is 6. The number of benzene rings is 1. The summed E-state index contributed by atoms with van der Waals surface area (Å²) in [7, 11) is 1.59. The maximum Gasteiger partial charge on any atom is 0.241 e. The van der Waals surface area contributed by atoms with Crippen LogP contribution in [0.2, 0.25) is 0 Å². The molecule has 20 heavy (non-hydrogen) atoms. The number of carbonyl (C=O) groups is 2. The molecule has 0 aromatic heterocycles. The minimum atomic E-state index is -0.539. The summed E-state index contributed by atoms with van der Waals surface area (Å²) in [6, 6.07) is 6.71. The van der Waals surface area contributed by atoms with Crippen LogP contribution in [0.5, 0.6) is 0 Å². The van der Waals surface area contributed by atoms with Crippen LogP contribution in [0.15, 0.2) is 24.3 Å². The highest BCUT2D eigenvalue weighted by atomic mass is 16.2. The van der Waals surface area contributed by atoms with Crippen molar-refractivity contribution in [1.82, 2.24) is 5.32 Å². The molecule has 0 saturated carbocycles. The number of anilines is 1. The topological polar surface area (TPSA) is 84.2 Å². The van der Waals surface area contributed by atoms with Crippen molar-refractivity contribution in [2.45, 2.75) is 32.7 Å². The van der Waals surface area contributed by atoms with Gasteiger partial charge in [0.2, 0.25) is 11.8 Å². The Balaban J connectivity index is 2.76. The van der Waals surface area contributed by atoms with Gasteiger partial charge in [0.1, 0.15) is 0 Å². The third kappa shape index (κ3) is 5.01. The van der Waals surface area contributed by atoms with Gasteiger partial charge < -0.3 is 16.4 Å². The molecule has 0 aliphatic rings. The van der Waals surface area contributed by atoms with Crippen molar-refractivity contribution in [1.29, 1.82) is 0 Å². The Labute approximate surface area is 119 Å². The second-order valence-corrected chi connectivity index (χ2v) is 5.23. The molecule has 5 heteroatoms. The molecule has 4 N–H and O–H groups in total. The Morgan fingerprint density at radius 1 is 1.25 bits per heavy atom. The Bertz CT molecular complexity index is 472. The first kappa shape index (κ1) is 16.2. The summed E-state index contributed by atoms with van der Waals surface area (Å²) in [5, 5.41) is 5.37. The Morgan fingerprint density at radius 3 is 2.50 bits per heavy atom. The number of nitrogens with one attached hydrogen (secondary N) is 2. The standard InChI is InChI=1S/C15H23N3O2/c1-10(2)8-12(16)15(20)18-13-7-5-4-6-11(13)9-14(19)17-3/h4-7,10,12H,8-9,16H2,1-3H3,(H,17,19)(H,18,20). The summed E-state index contributed by atoms with van der Waals surface area (Å²) in [6.45, 7) is 4.04. The zero-order valence-corrected chi connectivity index (χ0v) is 12.3. The second-order valence-electron chi connectivity index (χ2n) is 5.23. The summed E-state index contributed by atoms with van der Waals surface area (Å²) in [6.07, 6.45) is 0.857. The molecule has 1 atom stereocenters. The second kappa shape index (κ2) is 7.65. The molecule has 0 fully saturated rings. The highest BCUT2D eigenvalue weighted by Crippen LogP contribution is 2.16. The third-order valence-electron chi connectivity index (χ3n) is 2.97. The Morgan fingerprint density at radius 2 is 1.90 bits per heavy atom. The predicted octanol–water partition coefficient (Wildman–Crippen LogP) is 1.29. The van der Waals surface area contributed by atoms with Gasteiger partial charge in [-0.1, -0.05) is 32.0 Å². The lowest BCUT2D eigenvalue weighted by molar-refractivity contribution is -0.120. The van der Waals surface area contributed by atoms with Gasteiger partial charge in [-0.05, 0) is 24.0 Å². The van der Waals surface area contributed by atoms with Gasteiger partial charge in [-0.25, -0.2) is 0 Å².